The maximum Gasteiger partial charge on any atom is 0.117 e. The molecule has 1 rings (SSSR count). The largest absolute Gasteiger partial charge is 0.396 e. The van der Waals surface area contributed by atoms with Crippen molar-refractivity contribution in [1.29, 1.82) is 0 Å². The normalized spacial score (nSPS) is 41.4. The van der Waals surface area contributed by atoms with Crippen LogP contribution in [0.3, 0.4) is 0 Å². The molecule has 0 spiro atoms. The van der Waals surface area contributed by atoms with Gasteiger partial charge in [0.15, 0.2) is 0 Å². The molecule has 0 amide bonds. The molecular weight excluding hydrogens is 132 g/mol. The zero-order valence-corrected chi connectivity index (χ0v) is 6.37. The number of aliphatic hydroxyl groups is 2. The summed E-state index contributed by atoms with van der Waals surface area (Å²) in [6.07, 6.45) is 0.0162. The third kappa shape index (κ3) is 1.17. The summed E-state index contributed by atoms with van der Waals surface area (Å²) >= 11 is 0. The number of rotatable bonds is 3. The van der Waals surface area contributed by atoms with Gasteiger partial charge in [-0.3, -0.25) is 0 Å². The first kappa shape index (κ1) is 7.98. The smallest absolute Gasteiger partial charge is 0.117 e. The molecule has 1 fully saturated rings. The highest BCUT2D eigenvalue weighted by molar-refractivity contribution is 5.01. The van der Waals surface area contributed by atoms with E-state index in [9.17, 15) is 5.11 Å². The topological polar surface area (TPSA) is 53.0 Å². The Bertz CT molecular complexity index is 126. The number of epoxide rings is 1. The summed E-state index contributed by atoms with van der Waals surface area (Å²) in [5.74, 6) is 0. The van der Waals surface area contributed by atoms with Crippen LogP contribution < -0.4 is 0 Å². The number of ether oxygens (including phenoxy) is 1. The van der Waals surface area contributed by atoms with Crippen LogP contribution in [0, 0.1) is 0 Å². The van der Waals surface area contributed by atoms with Crippen LogP contribution in [-0.4, -0.2) is 34.6 Å². The Labute approximate surface area is 60.6 Å². The minimum atomic E-state index is -0.521. The zero-order valence-electron chi connectivity index (χ0n) is 6.37. The van der Waals surface area contributed by atoms with Crippen LogP contribution >= 0.6 is 0 Å². The van der Waals surface area contributed by atoms with Crippen molar-refractivity contribution in [3.63, 3.8) is 0 Å². The monoisotopic (exact) mass is 146 g/mol. The van der Waals surface area contributed by atoms with Gasteiger partial charge in [0, 0.05) is 6.61 Å². The van der Waals surface area contributed by atoms with E-state index in [1.165, 1.54) is 0 Å². The Morgan fingerprint density at radius 3 is 2.50 bits per heavy atom. The van der Waals surface area contributed by atoms with E-state index in [1.807, 2.05) is 13.8 Å². The lowest BCUT2D eigenvalue weighted by Crippen LogP contribution is -2.29. The second-order valence-corrected chi connectivity index (χ2v) is 2.97. The Kier molecular flexibility index (Phi) is 1.99. The lowest BCUT2D eigenvalue weighted by atomic mass is 9.99. The number of hydrogen-bond donors (Lipinski definition) is 2. The van der Waals surface area contributed by atoms with Crippen LogP contribution in [0.25, 0.3) is 0 Å². The molecule has 10 heavy (non-hydrogen) atoms. The van der Waals surface area contributed by atoms with Crippen LogP contribution in [0.4, 0.5) is 0 Å². The van der Waals surface area contributed by atoms with Crippen molar-refractivity contribution in [1.82, 2.24) is 0 Å². The highest BCUT2D eigenvalue weighted by Crippen LogP contribution is 2.39. The number of hydrogen-bond acceptors (Lipinski definition) is 3. The average Bonchev–Trinajstić information content (AvgIpc) is 2.43. The van der Waals surface area contributed by atoms with Gasteiger partial charge in [-0.1, -0.05) is 0 Å². The molecule has 0 aliphatic carbocycles. The fourth-order valence-corrected chi connectivity index (χ4v) is 1.11. The van der Waals surface area contributed by atoms with E-state index in [0.717, 1.165) is 0 Å². The second kappa shape index (κ2) is 2.49. The van der Waals surface area contributed by atoms with E-state index >= 15 is 0 Å². The molecule has 60 valence electrons. The van der Waals surface area contributed by atoms with Crippen molar-refractivity contribution in [3.8, 4) is 0 Å². The van der Waals surface area contributed by atoms with Crippen LogP contribution in [0.5, 0.6) is 0 Å². The SMILES string of the molecule is C[C@H]1O[C@@]1(C)[C@@H](O)CCO. The molecule has 0 bridgehead atoms. The van der Waals surface area contributed by atoms with Gasteiger partial charge in [-0.2, -0.15) is 0 Å². The second-order valence-electron chi connectivity index (χ2n) is 2.97. The summed E-state index contributed by atoms with van der Waals surface area (Å²) in [4.78, 5) is 0. The van der Waals surface area contributed by atoms with Gasteiger partial charge in [-0.15, -0.1) is 0 Å². The third-order valence-corrected chi connectivity index (χ3v) is 2.24. The first-order valence-electron chi connectivity index (χ1n) is 3.58. The van der Waals surface area contributed by atoms with Crippen LogP contribution in [0.2, 0.25) is 0 Å². The fraction of sp³-hybridized carbons (Fsp3) is 1.00. The van der Waals surface area contributed by atoms with Crippen molar-refractivity contribution in [2.45, 2.75) is 38.1 Å². The van der Waals surface area contributed by atoms with E-state index in [-0.39, 0.29) is 18.3 Å². The molecule has 3 nitrogen and oxygen atoms in total. The van der Waals surface area contributed by atoms with E-state index in [0.29, 0.717) is 6.42 Å². The molecule has 1 saturated heterocycles. The summed E-state index contributed by atoms with van der Waals surface area (Å²) in [6, 6.07) is 0. The lowest BCUT2D eigenvalue weighted by molar-refractivity contribution is 0.0613. The van der Waals surface area contributed by atoms with E-state index in [2.05, 4.69) is 0 Å². The van der Waals surface area contributed by atoms with Gasteiger partial charge < -0.3 is 14.9 Å². The highest BCUT2D eigenvalue weighted by Gasteiger charge is 2.53. The molecule has 1 aliphatic heterocycles. The molecule has 0 saturated carbocycles. The fourth-order valence-electron chi connectivity index (χ4n) is 1.11. The first-order chi connectivity index (χ1) is 4.61. The van der Waals surface area contributed by atoms with Crippen molar-refractivity contribution < 1.29 is 14.9 Å². The zero-order chi connectivity index (χ0) is 7.78. The number of aliphatic hydroxyl groups excluding tert-OH is 2. The minimum Gasteiger partial charge on any atom is -0.396 e. The molecule has 0 aromatic rings. The maximum atomic E-state index is 9.33. The Morgan fingerprint density at radius 1 is 1.70 bits per heavy atom. The van der Waals surface area contributed by atoms with Gasteiger partial charge in [0.1, 0.15) is 5.60 Å². The molecule has 1 heterocycles. The third-order valence-electron chi connectivity index (χ3n) is 2.24. The van der Waals surface area contributed by atoms with Gasteiger partial charge in [0.2, 0.25) is 0 Å². The minimum absolute atomic E-state index is 0.0207. The Balaban J connectivity index is 2.34. The van der Waals surface area contributed by atoms with Gasteiger partial charge in [0.05, 0.1) is 12.2 Å². The van der Waals surface area contributed by atoms with Crippen LogP contribution in [0.1, 0.15) is 20.3 Å². The summed E-state index contributed by atoms with van der Waals surface area (Å²) < 4.78 is 5.16. The first-order valence-corrected chi connectivity index (χ1v) is 3.58. The Hall–Kier alpha value is -0.120. The van der Waals surface area contributed by atoms with Crippen LogP contribution in [-0.2, 0) is 4.74 Å². The molecule has 0 unspecified atom stereocenters. The van der Waals surface area contributed by atoms with Crippen molar-refractivity contribution in [2.24, 2.45) is 0 Å². The predicted octanol–water partition coefficient (Wildman–Crippen LogP) is -0.0929. The van der Waals surface area contributed by atoms with E-state index in [1.54, 1.807) is 0 Å². The molecule has 0 aromatic carbocycles. The summed E-state index contributed by atoms with van der Waals surface area (Å²) in [6.45, 7) is 3.80. The quantitative estimate of drug-likeness (QED) is 0.547. The molecule has 0 radical (unpaired) electrons. The van der Waals surface area contributed by atoms with Gasteiger partial charge in [-0.25, -0.2) is 0 Å². The molecule has 3 heteroatoms. The standard InChI is InChI=1S/C7H14O3/c1-5-7(2,10-5)6(9)3-4-8/h5-6,8-9H,3-4H2,1-2H3/t5-,6+,7-/m1/s1. The van der Waals surface area contributed by atoms with Gasteiger partial charge in [0.25, 0.3) is 0 Å². The Morgan fingerprint density at radius 2 is 2.20 bits per heavy atom. The summed E-state index contributed by atoms with van der Waals surface area (Å²) in [5.41, 5.74) is -0.386. The van der Waals surface area contributed by atoms with Crippen molar-refractivity contribution in [3.05, 3.63) is 0 Å². The summed E-state index contributed by atoms with van der Waals surface area (Å²) in [5, 5.41) is 17.8. The molecule has 1 aliphatic rings. The molecule has 3 atom stereocenters. The predicted molar refractivity (Wildman–Crippen MR) is 36.7 cm³/mol. The van der Waals surface area contributed by atoms with Gasteiger partial charge >= 0.3 is 0 Å². The van der Waals surface area contributed by atoms with Gasteiger partial charge in [-0.05, 0) is 20.3 Å². The maximum absolute atomic E-state index is 9.33. The summed E-state index contributed by atoms with van der Waals surface area (Å²) in [7, 11) is 0. The van der Waals surface area contributed by atoms with Crippen molar-refractivity contribution in [2.75, 3.05) is 6.61 Å². The lowest BCUT2D eigenvalue weighted by Gasteiger charge is -2.12. The molecule has 0 aromatic heterocycles. The highest BCUT2D eigenvalue weighted by atomic mass is 16.6. The molecule has 2 N–H and O–H groups in total. The molecular formula is C7H14O3. The van der Waals surface area contributed by atoms with Crippen LogP contribution in [0.15, 0.2) is 0 Å². The van der Waals surface area contributed by atoms with Crippen molar-refractivity contribution >= 4 is 0 Å². The average molecular weight is 146 g/mol. The van der Waals surface area contributed by atoms with E-state index < -0.39 is 6.10 Å². The van der Waals surface area contributed by atoms with E-state index in [4.69, 9.17) is 9.84 Å².